The molecule has 0 aromatic carbocycles. The summed E-state index contributed by atoms with van der Waals surface area (Å²) in [6.07, 6.45) is 5.74. The molecule has 4 heterocycles. The maximum atomic E-state index is 13.1. The SMILES string of the molecule is CCO[C@H]1C[C@H](C#N)N(C(=O)C2CCN(c3cnccc3-c3nnc(C)s3)CC2)C1. The van der Waals surface area contributed by atoms with Crippen LogP contribution in [0, 0.1) is 24.2 Å². The van der Waals surface area contributed by atoms with Crippen molar-refractivity contribution in [2.45, 2.75) is 45.3 Å². The summed E-state index contributed by atoms with van der Waals surface area (Å²) in [6.45, 7) is 6.55. The van der Waals surface area contributed by atoms with Gasteiger partial charge in [-0.3, -0.25) is 9.78 Å². The second kappa shape index (κ2) is 9.06. The average molecular weight is 427 g/mol. The van der Waals surface area contributed by atoms with Crippen molar-refractivity contribution in [3.05, 3.63) is 23.5 Å². The second-order valence-corrected chi connectivity index (χ2v) is 8.91. The number of likely N-dealkylation sites (tertiary alicyclic amines) is 1. The van der Waals surface area contributed by atoms with E-state index in [1.54, 1.807) is 22.4 Å². The highest BCUT2D eigenvalue weighted by molar-refractivity contribution is 7.14. The van der Waals surface area contributed by atoms with Crippen LogP contribution in [-0.2, 0) is 9.53 Å². The Kier molecular flexibility index (Phi) is 6.25. The first-order chi connectivity index (χ1) is 14.6. The molecule has 2 saturated heterocycles. The maximum Gasteiger partial charge on any atom is 0.226 e. The summed E-state index contributed by atoms with van der Waals surface area (Å²) in [7, 11) is 0. The molecule has 30 heavy (non-hydrogen) atoms. The van der Waals surface area contributed by atoms with E-state index in [0.717, 1.165) is 47.2 Å². The van der Waals surface area contributed by atoms with Gasteiger partial charge in [-0.25, -0.2) is 0 Å². The summed E-state index contributed by atoms with van der Waals surface area (Å²) in [5, 5.41) is 19.7. The number of carbonyl (C=O) groups excluding carboxylic acids is 1. The lowest BCUT2D eigenvalue weighted by Crippen LogP contribution is -2.44. The molecule has 0 radical (unpaired) electrons. The molecule has 0 unspecified atom stereocenters. The van der Waals surface area contributed by atoms with Crippen LogP contribution in [-0.4, -0.2) is 64.4 Å². The van der Waals surface area contributed by atoms with Crippen molar-refractivity contribution >= 4 is 22.9 Å². The van der Waals surface area contributed by atoms with E-state index in [1.165, 1.54) is 0 Å². The number of piperidine rings is 1. The van der Waals surface area contributed by atoms with Crippen LogP contribution in [0.3, 0.4) is 0 Å². The number of amides is 1. The van der Waals surface area contributed by atoms with Crippen LogP contribution in [0.1, 0.15) is 31.2 Å². The van der Waals surface area contributed by atoms with Crippen molar-refractivity contribution in [3.8, 4) is 16.6 Å². The van der Waals surface area contributed by atoms with Crippen molar-refractivity contribution in [1.82, 2.24) is 20.1 Å². The first-order valence-corrected chi connectivity index (χ1v) is 11.2. The predicted molar refractivity (Wildman–Crippen MR) is 114 cm³/mol. The lowest BCUT2D eigenvalue weighted by molar-refractivity contribution is -0.136. The Bertz CT molecular complexity index is 934. The molecule has 2 fully saturated rings. The lowest BCUT2D eigenvalue weighted by Gasteiger charge is -2.35. The molecule has 2 aromatic heterocycles. The molecule has 158 valence electrons. The van der Waals surface area contributed by atoms with Gasteiger partial charge in [-0.05, 0) is 32.8 Å². The third-order valence-electron chi connectivity index (χ3n) is 5.84. The zero-order valence-electron chi connectivity index (χ0n) is 17.3. The molecule has 0 aliphatic carbocycles. The van der Waals surface area contributed by atoms with Gasteiger partial charge in [0.2, 0.25) is 5.91 Å². The number of pyridine rings is 1. The van der Waals surface area contributed by atoms with E-state index in [4.69, 9.17) is 4.74 Å². The summed E-state index contributed by atoms with van der Waals surface area (Å²) >= 11 is 1.57. The number of nitrogens with zero attached hydrogens (tertiary/aromatic N) is 6. The standard InChI is InChI=1S/C21H26N6O2S/c1-3-29-17-10-16(11-22)27(13-17)21(28)15-5-8-26(9-6-15)19-12-23-7-4-18(19)20-25-24-14(2)30-20/h4,7,12,15-17H,3,5-6,8-10,13H2,1-2H3/t16-,17+/m1/s1. The Hall–Kier alpha value is -2.57. The molecule has 0 spiro atoms. The van der Waals surface area contributed by atoms with E-state index in [9.17, 15) is 10.1 Å². The van der Waals surface area contributed by atoms with E-state index >= 15 is 0 Å². The molecule has 4 rings (SSSR count). The number of rotatable bonds is 5. The molecule has 2 aliphatic heterocycles. The highest BCUT2D eigenvalue weighted by Crippen LogP contribution is 2.35. The molecule has 2 aliphatic rings. The third-order valence-corrected chi connectivity index (χ3v) is 6.71. The van der Waals surface area contributed by atoms with Gasteiger partial charge >= 0.3 is 0 Å². The van der Waals surface area contributed by atoms with E-state index in [-0.39, 0.29) is 24.0 Å². The zero-order chi connectivity index (χ0) is 21.1. The van der Waals surface area contributed by atoms with Crippen molar-refractivity contribution in [2.24, 2.45) is 5.92 Å². The molecule has 0 N–H and O–H groups in total. The number of nitriles is 1. The molecule has 2 aromatic rings. The van der Waals surface area contributed by atoms with Crippen molar-refractivity contribution in [3.63, 3.8) is 0 Å². The smallest absolute Gasteiger partial charge is 0.226 e. The zero-order valence-corrected chi connectivity index (χ0v) is 18.1. The van der Waals surface area contributed by atoms with E-state index in [2.05, 4.69) is 26.2 Å². The van der Waals surface area contributed by atoms with Gasteiger partial charge in [-0.2, -0.15) is 5.26 Å². The fourth-order valence-electron chi connectivity index (χ4n) is 4.35. The molecule has 2 atom stereocenters. The first-order valence-electron chi connectivity index (χ1n) is 10.4. The fourth-order valence-corrected chi connectivity index (χ4v) is 5.07. The largest absolute Gasteiger partial charge is 0.377 e. The normalized spacial score (nSPS) is 22.3. The fraction of sp³-hybridized carbons (Fsp3) is 0.571. The molecular weight excluding hydrogens is 400 g/mol. The van der Waals surface area contributed by atoms with Crippen LogP contribution >= 0.6 is 11.3 Å². The lowest BCUT2D eigenvalue weighted by atomic mass is 9.94. The topological polar surface area (TPSA) is 95.2 Å². The third kappa shape index (κ3) is 4.16. The molecular formula is C21H26N6O2S. The highest BCUT2D eigenvalue weighted by atomic mass is 32.1. The van der Waals surface area contributed by atoms with Gasteiger partial charge in [0, 0.05) is 50.3 Å². The van der Waals surface area contributed by atoms with Crippen molar-refractivity contribution < 1.29 is 9.53 Å². The maximum absolute atomic E-state index is 13.1. The number of aryl methyl sites for hydroxylation is 1. The Morgan fingerprint density at radius 1 is 1.37 bits per heavy atom. The summed E-state index contributed by atoms with van der Waals surface area (Å²) < 4.78 is 5.66. The number of hydrogen-bond donors (Lipinski definition) is 0. The summed E-state index contributed by atoms with van der Waals surface area (Å²) in [5.41, 5.74) is 2.07. The quantitative estimate of drug-likeness (QED) is 0.725. The Morgan fingerprint density at radius 2 is 2.17 bits per heavy atom. The van der Waals surface area contributed by atoms with Crippen LogP contribution in [0.4, 0.5) is 5.69 Å². The first kappa shape index (κ1) is 20.7. The van der Waals surface area contributed by atoms with Crippen LogP contribution < -0.4 is 4.90 Å². The van der Waals surface area contributed by atoms with Gasteiger partial charge in [0.05, 0.1) is 24.1 Å². The molecule has 9 heteroatoms. The molecule has 0 saturated carbocycles. The number of aromatic nitrogens is 3. The number of carbonyl (C=O) groups is 1. The number of ether oxygens (including phenoxy) is 1. The van der Waals surface area contributed by atoms with Crippen LogP contribution in [0.15, 0.2) is 18.5 Å². The van der Waals surface area contributed by atoms with Gasteiger partial charge < -0.3 is 14.5 Å². The van der Waals surface area contributed by atoms with Gasteiger partial charge in [-0.1, -0.05) is 11.3 Å². The Balaban J connectivity index is 1.42. The Labute approximate surface area is 180 Å². The van der Waals surface area contributed by atoms with Crippen molar-refractivity contribution in [1.29, 1.82) is 5.26 Å². The van der Waals surface area contributed by atoms with Crippen LogP contribution in [0.25, 0.3) is 10.6 Å². The summed E-state index contributed by atoms with van der Waals surface area (Å²) in [4.78, 5) is 21.4. The average Bonchev–Trinajstić information content (AvgIpc) is 3.39. The van der Waals surface area contributed by atoms with E-state index in [0.29, 0.717) is 19.6 Å². The number of anilines is 1. The second-order valence-electron chi connectivity index (χ2n) is 7.73. The van der Waals surface area contributed by atoms with Crippen molar-refractivity contribution in [2.75, 3.05) is 31.1 Å². The van der Waals surface area contributed by atoms with Crippen LogP contribution in [0.5, 0.6) is 0 Å². The highest BCUT2D eigenvalue weighted by Gasteiger charge is 2.39. The summed E-state index contributed by atoms with van der Waals surface area (Å²) in [6, 6.07) is 3.88. The van der Waals surface area contributed by atoms with Gasteiger partial charge in [-0.15, -0.1) is 10.2 Å². The van der Waals surface area contributed by atoms with E-state index < -0.39 is 0 Å². The predicted octanol–water partition coefficient (Wildman–Crippen LogP) is 2.65. The molecule has 1 amide bonds. The summed E-state index contributed by atoms with van der Waals surface area (Å²) in [5.74, 6) is 0.0379. The minimum absolute atomic E-state index is 0.0306. The van der Waals surface area contributed by atoms with Gasteiger partial charge in [0.25, 0.3) is 0 Å². The minimum Gasteiger partial charge on any atom is -0.377 e. The van der Waals surface area contributed by atoms with Gasteiger partial charge in [0.1, 0.15) is 16.1 Å². The monoisotopic (exact) mass is 426 g/mol. The molecule has 0 bridgehead atoms. The van der Waals surface area contributed by atoms with Gasteiger partial charge in [0.15, 0.2) is 0 Å². The van der Waals surface area contributed by atoms with E-state index in [1.807, 2.05) is 26.1 Å². The minimum atomic E-state index is -0.377. The Morgan fingerprint density at radius 3 is 2.83 bits per heavy atom. The van der Waals surface area contributed by atoms with Crippen LogP contribution in [0.2, 0.25) is 0 Å². The molecule has 8 nitrogen and oxygen atoms in total. The number of hydrogen-bond acceptors (Lipinski definition) is 8.